The number of benzene rings is 1. The first-order chi connectivity index (χ1) is 11.6. The van der Waals surface area contributed by atoms with Gasteiger partial charge in [-0.1, -0.05) is 18.2 Å². The summed E-state index contributed by atoms with van der Waals surface area (Å²) in [5.41, 5.74) is 1.84. The summed E-state index contributed by atoms with van der Waals surface area (Å²) in [5.74, 6) is 0.0152. The first-order valence-electron chi connectivity index (χ1n) is 8.14. The number of hydrogen-bond donors (Lipinski definition) is 1. The largest absolute Gasteiger partial charge is 0.350 e. The van der Waals surface area contributed by atoms with E-state index in [4.69, 9.17) is 0 Å². The average Bonchev–Trinajstić information content (AvgIpc) is 3.03. The summed E-state index contributed by atoms with van der Waals surface area (Å²) in [6.45, 7) is 4.81. The normalized spacial score (nSPS) is 17.8. The van der Waals surface area contributed by atoms with Gasteiger partial charge in [0, 0.05) is 31.4 Å². The van der Waals surface area contributed by atoms with E-state index in [1.807, 2.05) is 19.1 Å². The molecule has 0 spiro atoms. The van der Waals surface area contributed by atoms with E-state index < -0.39 is 0 Å². The molecular formula is C18H21FN4O. The van der Waals surface area contributed by atoms with Gasteiger partial charge in [0.1, 0.15) is 11.5 Å². The topological polar surface area (TPSA) is 58.1 Å². The third-order valence-electron chi connectivity index (χ3n) is 4.29. The van der Waals surface area contributed by atoms with Gasteiger partial charge in [-0.3, -0.25) is 14.7 Å². The lowest BCUT2D eigenvalue weighted by atomic mass is 10.1. The summed E-state index contributed by atoms with van der Waals surface area (Å²) in [4.78, 5) is 22.4. The monoisotopic (exact) mass is 328 g/mol. The number of amides is 1. The van der Waals surface area contributed by atoms with Crippen LogP contribution in [0.2, 0.25) is 0 Å². The Morgan fingerprint density at radius 2 is 2.17 bits per heavy atom. The number of halogens is 1. The predicted molar refractivity (Wildman–Crippen MR) is 88.9 cm³/mol. The zero-order valence-electron chi connectivity index (χ0n) is 13.7. The van der Waals surface area contributed by atoms with Gasteiger partial charge in [0.15, 0.2) is 0 Å². The molecule has 0 saturated carbocycles. The fourth-order valence-electron chi connectivity index (χ4n) is 2.93. The maximum absolute atomic E-state index is 13.7. The first kappa shape index (κ1) is 16.5. The van der Waals surface area contributed by atoms with Crippen LogP contribution in [0.25, 0.3) is 0 Å². The lowest BCUT2D eigenvalue weighted by Crippen LogP contribution is -2.31. The van der Waals surface area contributed by atoms with Crippen molar-refractivity contribution in [3.63, 3.8) is 0 Å². The Bertz CT molecular complexity index is 704. The van der Waals surface area contributed by atoms with Crippen LogP contribution in [-0.2, 0) is 6.54 Å². The van der Waals surface area contributed by atoms with Crippen LogP contribution in [0.3, 0.4) is 0 Å². The van der Waals surface area contributed by atoms with Gasteiger partial charge in [-0.15, -0.1) is 0 Å². The Labute approximate surface area is 140 Å². The molecule has 6 heteroatoms. The van der Waals surface area contributed by atoms with Crippen LogP contribution in [0.5, 0.6) is 0 Å². The van der Waals surface area contributed by atoms with Gasteiger partial charge in [0.2, 0.25) is 0 Å². The van der Waals surface area contributed by atoms with Crippen molar-refractivity contribution < 1.29 is 9.18 Å². The second-order valence-corrected chi connectivity index (χ2v) is 6.23. The Morgan fingerprint density at radius 3 is 2.92 bits per heavy atom. The molecule has 126 valence electrons. The zero-order chi connectivity index (χ0) is 16.9. The Kier molecular flexibility index (Phi) is 5.15. The van der Waals surface area contributed by atoms with E-state index in [1.54, 1.807) is 12.3 Å². The minimum Gasteiger partial charge on any atom is -0.350 e. The lowest BCUT2D eigenvalue weighted by molar-refractivity contribution is 0.0942. The molecule has 3 rings (SSSR count). The van der Waals surface area contributed by atoms with Crippen LogP contribution in [0.4, 0.5) is 4.39 Å². The molecule has 2 aromatic rings. The van der Waals surface area contributed by atoms with Gasteiger partial charge in [-0.05, 0) is 31.9 Å². The van der Waals surface area contributed by atoms with Crippen LogP contribution in [-0.4, -0.2) is 40.4 Å². The molecule has 1 saturated heterocycles. The molecule has 0 bridgehead atoms. The van der Waals surface area contributed by atoms with E-state index in [0.29, 0.717) is 24.7 Å². The van der Waals surface area contributed by atoms with Crippen LogP contribution >= 0.6 is 0 Å². The number of rotatable bonds is 5. The Morgan fingerprint density at radius 1 is 1.33 bits per heavy atom. The number of nitrogens with zero attached hydrogens (tertiary/aromatic N) is 3. The van der Waals surface area contributed by atoms with Gasteiger partial charge in [0.05, 0.1) is 11.9 Å². The summed E-state index contributed by atoms with van der Waals surface area (Å²) in [6, 6.07) is 6.87. The summed E-state index contributed by atoms with van der Waals surface area (Å²) < 4.78 is 13.7. The van der Waals surface area contributed by atoms with Crippen molar-refractivity contribution in [2.24, 2.45) is 5.92 Å². The SMILES string of the molecule is Cc1cnc(C(=O)NCC2CCN(Cc3ccccc3F)C2)cn1. The van der Waals surface area contributed by atoms with E-state index >= 15 is 0 Å². The highest BCUT2D eigenvalue weighted by molar-refractivity contribution is 5.91. The minimum absolute atomic E-state index is 0.160. The van der Waals surface area contributed by atoms with Crippen LogP contribution in [0.15, 0.2) is 36.7 Å². The number of aromatic nitrogens is 2. The molecule has 1 fully saturated rings. The number of nitrogens with one attached hydrogen (secondary N) is 1. The van der Waals surface area contributed by atoms with E-state index in [0.717, 1.165) is 30.8 Å². The van der Waals surface area contributed by atoms with Gasteiger partial charge in [-0.25, -0.2) is 9.37 Å². The minimum atomic E-state index is -0.199. The Hall–Kier alpha value is -2.34. The predicted octanol–water partition coefficient (Wildman–Crippen LogP) is 2.18. The molecule has 0 radical (unpaired) electrons. The van der Waals surface area contributed by atoms with Gasteiger partial charge >= 0.3 is 0 Å². The molecule has 1 aromatic heterocycles. The molecule has 0 aliphatic carbocycles. The molecule has 1 aliphatic heterocycles. The second-order valence-electron chi connectivity index (χ2n) is 6.23. The fourth-order valence-corrected chi connectivity index (χ4v) is 2.93. The highest BCUT2D eigenvalue weighted by Gasteiger charge is 2.23. The highest BCUT2D eigenvalue weighted by atomic mass is 19.1. The van der Waals surface area contributed by atoms with Crippen LogP contribution in [0, 0.1) is 18.7 Å². The van der Waals surface area contributed by atoms with Crippen molar-refractivity contribution in [3.8, 4) is 0 Å². The summed E-state index contributed by atoms with van der Waals surface area (Å²) in [7, 11) is 0. The second kappa shape index (κ2) is 7.49. The van der Waals surface area contributed by atoms with Crippen molar-refractivity contribution in [3.05, 3.63) is 59.4 Å². The zero-order valence-corrected chi connectivity index (χ0v) is 13.7. The summed E-state index contributed by atoms with van der Waals surface area (Å²) >= 11 is 0. The molecule has 24 heavy (non-hydrogen) atoms. The molecule has 1 aromatic carbocycles. The fraction of sp³-hybridized carbons (Fsp3) is 0.389. The molecular weight excluding hydrogens is 307 g/mol. The van der Waals surface area contributed by atoms with Gasteiger partial charge < -0.3 is 5.32 Å². The average molecular weight is 328 g/mol. The molecule has 1 aliphatic rings. The molecule has 5 nitrogen and oxygen atoms in total. The highest BCUT2D eigenvalue weighted by Crippen LogP contribution is 2.19. The van der Waals surface area contributed by atoms with E-state index in [-0.39, 0.29) is 11.7 Å². The maximum atomic E-state index is 13.7. The third kappa shape index (κ3) is 4.14. The van der Waals surface area contributed by atoms with Gasteiger partial charge in [-0.2, -0.15) is 0 Å². The maximum Gasteiger partial charge on any atom is 0.271 e. The van der Waals surface area contributed by atoms with Crippen molar-refractivity contribution in [2.45, 2.75) is 19.9 Å². The van der Waals surface area contributed by atoms with Crippen LogP contribution in [0.1, 0.15) is 28.2 Å². The quantitative estimate of drug-likeness (QED) is 0.914. The number of likely N-dealkylation sites (tertiary alicyclic amines) is 1. The van der Waals surface area contributed by atoms with E-state index in [1.165, 1.54) is 12.3 Å². The Balaban J connectivity index is 1.47. The number of hydrogen-bond acceptors (Lipinski definition) is 4. The van der Waals surface area contributed by atoms with E-state index in [9.17, 15) is 9.18 Å². The smallest absolute Gasteiger partial charge is 0.271 e. The first-order valence-corrected chi connectivity index (χ1v) is 8.14. The number of aryl methyl sites for hydroxylation is 1. The molecule has 1 unspecified atom stereocenters. The van der Waals surface area contributed by atoms with Crippen LogP contribution < -0.4 is 5.32 Å². The number of carbonyl (C=O) groups is 1. The molecule has 2 heterocycles. The summed E-state index contributed by atoms with van der Waals surface area (Å²) in [5, 5.41) is 2.91. The molecule has 1 atom stereocenters. The lowest BCUT2D eigenvalue weighted by Gasteiger charge is -2.16. The van der Waals surface area contributed by atoms with Crippen molar-refractivity contribution in [1.82, 2.24) is 20.2 Å². The van der Waals surface area contributed by atoms with Crippen molar-refractivity contribution in [1.29, 1.82) is 0 Å². The third-order valence-corrected chi connectivity index (χ3v) is 4.29. The van der Waals surface area contributed by atoms with Crippen molar-refractivity contribution >= 4 is 5.91 Å². The van der Waals surface area contributed by atoms with E-state index in [2.05, 4.69) is 20.2 Å². The number of carbonyl (C=O) groups excluding carboxylic acids is 1. The standard InChI is InChI=1S/C18H21FN4O/c1-13-8-21-17(10-20-13)18(24)22-9-14-6-7-23(11-14)12-15-4-2-3-5-16(15)19/h2-5,8,10,14H,6-7,9,11-12H2,1H3,(H,22,24). The summed E-state index contributed by atoms with van der Waals surface area (Å²) in [6.07, 6.45) is 4.07. The molecule has 1 N–H and O–H groups in total. The molecule has 1 amide bonds. The van der Waals surface area contributed by atoms with Gasteiger partial charge in [0.25, 0.3) is 5.91 Å². The van der Waals surface area contributed by atoms with Crippen molar-refractivity contribution in [2.75, 3.05) is 19.6 Å².